The molecule has 1 amide bonds. The summed E-state index contributed by atoms with van der Waals surface area (Å²) < 4.78 is 1.78. The first-order chi connectivity index (χ1) is 12.6. The molecule has 3 N–H and O–H groups in total. The van der Waals surface area contributed by atoms with Crippen molar-refractivity contribution in [3.05, 3.63) is 39.8 Å². The van der Waals surface area contributed by atoms with Crippen molar-refractivity contribution in [1.29, 1.82) is 0 Å². The molecule has 2 aliphatic heterocycles. The number of amides is 1. The number of hydrogen-bond donors (Lipinski definition) is 3. The summed E-state index contributed by atoms with van der Waals surface area (Å²) in [6, 6.07) is 3.74. The smallest absolute Gasteiger partial charge is 0.258 e. The van der Waals surface area contributed by atoms with Gasteiger partial charge in [0.15, 0.2) is 0 Å². The van der Waals surface area contributed by atoms with Gasteiger partial charge >= 0.3 is 0 Å². The van der Waals surface area contributed by atoms with Crippen molar-refractivity contribution in [2.24, 2.45) is 11.8 Å². The number of hydrogen-bond acceptors (Lipinski definition) is 4. The van der Waals surface area contributed by atoms with Crippen molar-refractivity contribution < 1.29 is 9.90 Å². The van der Waals surface area contributed by atoms with Crippen LogP contribution in [0.3, 0.4) is 0 Å². The molecule has 2 bridgehead atoms. The molecular formula is C20H27N3O3. The number of aliphatic hydroxyl groups is 1. The number of fused-ring (bicyclic) bond motifs is 4. The number of rotatable bonds is 4. The second-order valence-corrected chi connectivity index (χ2v) is 7.74. The van der Waals surface area contributed by atoms with Crippen LogP contribution >= 0.6 is 0 Å². The molecule has 0 spiro atoms. The number of pyridine rings is 1. The summed E-state index contributed by atoms with van der Waals surface area (Å²) in [5.74, 6) is -0.508. The predicted molar refractivity (Wildman–Crippen MR) is 99.5 cm³/mol. The van der Waals surface area contributed by atoms with E-state index in [0.29, 0.717) is 12.1 Å². The highest BCUT2D eigenvalue weighted by Crippen LogP contribution is 2.41. The van der Waals surface area contributed by atoms with E-state index in [0.717, 1.165) is 31.4 Å². The summed E-state index contributed by atoms with van der Waals surface area (Å²) in [6.45, 7) is 2.33. The van der Waals surface area contributed by atoms with Crippen LogP contribution in [0.1, 0.15) is 49.9 Å². The average Bonchev–Trinajstić information content (AvgIpc) is 3.24. The van der Waals surface area contributed by atoms with Gasteiger partial charge in [0.2, 0.25) is 5.91 Å². The number of carbonyl (C=O) groups excluding carboxylic acids is 1. The van der Waals surface area contributed by atoms with Crippen LogP contribution in [0.15, 0.2) is 23.0 Å². The molecule has 3 heterocycles. The zero-order chi connectivity index (χ0) is 18.3. The Bertz CT molecular complexity index is 779. The topological polar surface area (TPSA) is 83.4 Å². The summed E-state index contributed by atoms with van der Waals surface area (Å²) in [4.78, 5) is 25.8. The molecule has 4 rings (SSSR count). The highest BCUT2D eigenvalue weighted by molar-refractivity contribution is 5.81. The molecule has 140 valence electrons. The van der Waals surface area contributed by atoms with Crippen molar-refractivity contribution in [2.75, 3.05) is 6.61 Å². The summed E-state index contributed by atoms with van der Waals surface area (Å²) in [6.07, 6.45) is 8.06. The van der Waals surface area contributed by atoms with Gasteiger partial charge in [-0.2, -0.15) is 0 Å². The lowest BCUT2D eigenvalue weighted by atomic mass is 9.86. The zero-order valence-electron chi connectivity index (χ0n) is 15.1. The minimum atomic E-state index is -0.341. The van der Waals surface area contributed by atoms with E-state index >= 15 is 0 Å². The third kappa shape index (κ3) is 2.81. The third-order valence-electron chi connectivity index (χ3n) is 6.23. The maximum atomic E-state index is 13.0. The second-order valence-electron chi connectivity index (χ2n) is 7.74. The molecule has 0 radical (unpaired) electrons. The molecule has 0 unspecified atom stereocenters. The highest BCUT2D eigenvalue weighted by Gasteiger charge is 2.51. The maximum Gasteiger partial charge on any atom is 0.258 e. The predicted octanol–water partition coefficient (Wildman–Crippen LogP) is 1.19. The summed E-state index contributed by atoms with van der Waals surface area (Å²) >= 11 is 0. The minimum Gasteiger partial charge on any atom is -0.396 e. The lowest BCUT2D eigenvalue weighted by Crippen LogP contribution is -2.44. The summed E-state index contributed by atoms with van der Waals surface area (Å²) in [5.41, 5.74) is 1.48. The van der Waals surface area contributed by atoms with Gasteiger partial charge in [-0.15, -0.1) is 0 Å². The fourth-order valence-electron chi connectivity index (χ4n) is 4.94. The molecule has 26 heavy (non-hydrogen) atoms. The molecule has 6 nitrogen and oxygen atoms in total. The maximum absolute atomic E-state index is 13.0. The average molecular weight is 357 g/mol. The largest absolute Gasteiger partial charge is 0.396 e. The van der Waals surface area contributed by atoms with Gasteiger partial charge in [-0.1, -0.05) is 25.0 Å². The van der Waals surface area contributed by atoms with E-state index in [-0.39, 0.29) is 48.0 Å². The molecule has 0 aromatic carbocycles. The van der Waals surface area contributed by atoms with E-state index < -0.39 is 0 Å². The quantitative estimate of drug-likeness (QED) is 0.756. The van der Waals surface area contributed by atoms with Crippen LogP contribution in [0.5, 0.6) is 0 Å². The molecule has 1 saturated heterocycles. The number of nitrogens with one attached hydrogen (secondary N) is 2. The number of carbonyl (C=O) groups is 1. The first-order valence-corrected chi connectivity index (χ1v) is 9.67. The monoisotopic (exact) mass is 357 g/mol. The Kier molecular flexibility index (Phi) is 4.71. The van der Waals surface area contributed by atoms with Crippen LogP contribution in [-0.2, 0) is 11.3 Å². The number of aliphatic hydroxyl groups excluding tert-OH is 1. The van der Waals surface area contributed by atoms with Crippen LogP contribution in [0.4, 0.5) is 0 Å². The van der Waals surface area contributed by atoms with E-state index in [1.165, 1.54) is 0 Å². The van der Waals surface area contributed by atoms with Gasteiger partial charge < -0.3 is 20.3 Å². The molecule has 2 fully saturated rings. The van der Waals surface area contributed by atoms with Crippen LogP contribution in [0, 0.1) is 11.8 Å². The van der Waals surface area contributed by atoms with Crippen molar-refractivity contribution in [1.82, 2.24) is 15.2 Å². The van der Waals surface area contributed by atoms with Gasteiger partial charge in [0, 0.05) is 42.4 Å². The molecule has 1 aromatic heterocycles. The molecule has 4 atom stereocenters. The van der Waals surface area contributed by atoms with E-state index in [9.17, 15) is 14.7 Å². The Hall–Kier alpha value is -1.92. The van der Waals surface area contributed by atoms with E-state index in [2.05, 4.69) is 10.6 Å². The third-order valence-corrected chi connectivity index (χ3v) is 6.23. The van der Waals surface area contributed by atoms with Gasteiger partial charge in [-0.25, -0.2) is 0 Å². The Morgan fingerprint density at radius 3 is 2.85 bits per heavy atom. The van der Waals surface area contributed by atoms with Crippen LogP contribution in [0.2, 0.25) is 0 Å². The SMILES string of the molecule is C/C=C\c1ccc2n(c1=O)C[C@@H]1N[C@H]2[C@H](C(=O)NC2CCCC2)[C@H]1CO. The van der Waals surface area contributed by atoms with Crippen molar-refractivity contribution in [3.8, 4) is 0 Å². The molecule has 1 aromatic rings. The number of allylic oxidation sites excluding steroid dienone is 1. The van der Waals surface area contributed by atoms with Gasteiger partial charge in [0.25, 0.3) is 5.56 Å². The van der Waals surface area contributed by atoms with Crippen molar-refractivity contribution >= 4 is 12.0 Å². The second kappa shape index (κ2) is 7.00. The summed E-state index contributed by atoms with van der Waals surface area (Å²) in [7, 11) is 0. The van der Waals surface area contributed by atoms with Crippen molar-refractivity contribution in [3.63, 3.8) is 0 Å². The Labute approximate surface area is 153 Å². The Morgan fingerprint density at radius 1 is 1.38 bits per heavy atom. The summed E-state index contributed by atoms with van der Waals surface area (Å²) in [5, 5.41) is 16.6. The lowest BCUT2D eigenvalue weighted by molar-refractivity contribution is -0.127. The number of nitrogens with zero attached hydrogens (tertiary/aromatic N) is 1. The first kappa shape index (κ1) is 17.5. The van der Waals surface area contributed by atoms with Crippen LogP contribution in [0.25, 0.3) is 6.08 Å². The Balaban J connectivity index is 1.67. The van der Waals surface area contributed by atoms with Gasteiger partial charge in [0.1, 0.15) is 0 Å². The minimum absolute atomic E-state index is 0.00868. The first-order valence-electron chi connectivity index (χ1n) is 9.67. The lowest BCUT2D eigenvalue weighted by Gasteiger charge is -2.28. The fraction of sp³-hybridized carbons (Fsp3) is 0.600. The van der Waals surface area contributed by atoms with Gasteiger partial charge in [-0.3, -0.25) is 9.59 Å². The Morgan fingerprint density at radius 2 is 2.15 bits per heavy atom. The van der Waals surface area contributed by atoms with E-state index in [1.807, 2.05) is 31.2 Å². The zero-order valence-corrected chi connectivity index (χ0v) is 15.1. The molecule has 3 aliphatic rings. The molecule has 1 saturated carbocycles. The van der Waals surface area contributed by atoms with Gasteiger partial charge in [-0.05, 0) is 31.9 Å². The molecular weight excluding hydrogens is 330 g/mol. The highest BCUT2D eigenvalue weighted by atomic mass is 16.3. The van der Waals surface area contributed by atoms with Crippen LogP contribution in [-0.4, -0.2) is 34.3 Å². The van der Waals surface area contributed by atoms with E-state index in [4.69, 9.17) is 0 Å². The standard InChI is InChI=1S/C20H27N3O3/c1-2-5-12-8-9-16-18-17(19(25)21-13-6-3-4-7-13)14(11-24)15(22-18)10-23(16)20(12)26/h2,5,8-9,13-15,17-18,22,24H,3-4,6-7,10-11H2,1H3,(H,21,25)/b5-2-/t14-,15-,17+,18+/m0/s1. The van der Waals surface area contributed by atoms with Gasteiger partial charge in [0.05, 0.1) is 12.0 Å². The van der Waals surface area contributed by atoms with E-state index in [1.54, 1.807) is 4.57 Å². The fourth-order valence-corrected chi connectivity index (χ4v) is 4.94. The molecule has 6 heteroatoms. The van der Waals surface area contributed by atoms with Crippen molar-refractivity contribution in [2.45, 2.75) is 57.3 Å². The normalized spacial score (nSPS) is 30.7. The molecule has 1 aliphatic carbocycles. The number of aromatic nitrogens is 1. The van der Waals surface area contributed by atoms with Crippen LogP contribution < -0.4 is 16.2 Å².